The van der Waals surface area contributed by atoms with Crippen molar-refractivity contribution in [2.75, 3.05) is 11.0 Å². The van der Waals surface area contributed by atoms with Crippen molar-refractivity contribution in [2.24, 2.45) is 0 Å². The third-order valence-electron chi connectivity index (χ3n) is 1.51. The van der Waals surface area contributed by atoms with Crippen molar-refractivity contribution in [3.8, 4) is 0 Å². The first-order valence-corrected chi connectivity index (χ1v) is 7.01. The van der Waals surface area contributed by atoms with E-state index >= 15 is 0 Å². The fourth-order valence-electron chi connectivity index (χ4n) is 0.939. The number of hydrogen-bond donors (Lipinski definition) is 1. The average Bonchev–Trinajstić information content (AvgIpc) is 2.06. The average molecular weight is 277 g/mol. The van der Waals surface area contributed by atoms with Crippen LogP contribution in [-0.2, 0) is 15.2 Å². The van der Waals surface area contributed by atoms with Gasteiger partial charge in [-0.3, -0.25) is 0 Å². The standard InChI is InChI=1S/C8H9AsFNO2S/c1-14(12,13)11-8-3-2-6(5-9)4-7(8)10/h2-4,11H,5H2,1H3. The maximum atomic E-state index is 13.2. The second-order valence-corrected chi connectivity index (χ2v) is 5.26. The summed E-state index contributed by atoms with van der Waals surface area (Å²) in [5.41, 5.74) is 0.791. The zero-order valence-electron chi connectivity index (χ0n) is 7.49. The minimum atomic E-state index is -3.41. The summed E-state index contributed by atoms with van der Waals surface area (Å²) in [5.74, 6) is -0.557. The molecule has 0 aliphatic rings. The van der Waals surface area contributed by atoms with E-state index in [4.69, 9.17) is 0 Å². The molecule has 0 aliphatic carbocycles. The predicted molar refractivity (Wildman–Crippen MR) is 54.3 cm³/mol. The van der Waals surface area contributed by atoms with Gasteiger partial charge in [-0.15, -0.1) is 0 Å². The first-order chi connectivity index (χ1) is 6.42. The normalized spacial score (nSPS) is 11.4. The molecule has 0 saturated heterocycles. The van der Waals surface area contributed by atoms with Crippen molar-refractivity contribution in [1.82, 2.24) is 0 Å². The van der Waals surface area contributed by atoms with Crippen molar-refractivity contribution in [3.05, 3.63) is 29.6 Å². The molecule has 0 saturated carbocycles. The summed E-state index contributed by atoms with van der Waals surface area (Å²) in [6.07, 6.45) is 0.983. The van der Waals surface area contributed by atoms with E-state index in [9.17, 15) is 12.8 Å². The van der Waals surface area contributed by atoms with E-state index in [0.717, 1.165) is 11.8 Å². The molecular weight excluding hydrogens is 268 g/mol. The van der Waals surface area contributed by atoms with E-state index in [1.807, 2.05) is 0 Å². The Labute approximate surface area is 91.3 Å². The van der Waals surface area contributed by atoms with Gasteiger partial charge in [-0.05, 0) is 0 Å². The van der Waals surface area contributed by atoms with E-state index < -0.39 is 15.8 Å². The second kappa shape index (κ2) is 4.32. The van der Waals surface area contributed by atoms with Crippen LogP contribution in [0.4, 0.5) is 10.1 Å². The van der Waals surface area contributed by atoms with E-state index in [2.05, 4.69) is 21.6 Å². The summed E-state index contributed by atoms with van der Waals surface area (Å²) in [4.78, 5) is 0. The molecule has 1 aromatic rings. The Morgan fingerprint density at radius 2 is 2.14 bits per heavy atom. The van der Waals surface area contributed by atoms with E-state index in [1.165, 1.54) is 12.1 Å². The molecule has 1 aromatic carbocycles. The van der Waals surface area contributed by atoms with Crippen LogP contribution in [-0.4, -0.2) is 31.5 Å². The molecule has 0 unspecified atom stereocenters. The summed E-state index contributed by atoms with van der Waals surface area (Å²) >= 11 is 2.32. The number of anilines is 1. The van der Waals surface area contributed by atoms with Gasteiger partial charge in [0.1, 0.15) is 0 Å². The molecular formula is C8H9AsFNO2S. The van der Waals surface area contributed by atoms with Gasteiger partial charge in [0.05, 0.1) is 0 Å². The topological polar surface area (TPSA) is 46.2 Å². The third kappa shape index (κ3) is 3.31. The fraction of sp³-hybridized carbons (Fsp3) is 0.250. The molecule has 0 spiro atoms. The third-order valence-corrected chi connectivity index (χ3v) is 2.87. The van der Waals surface area contributed by atoms with Gasteiger partial charge in [0.2, 0.25) is 0 Å². The van der Waals surface area contributed by atoms with Crippen molar-refractivity contribution >= 4 is 32.6 Å². The molecule has 14 heavy (non-hydrogen) atoms. The first-order valence-electron chi connectivity index (χ1n) is 3.79. The Morgan fingerprint density at radius 1 is 1.50 bits per heavy atom. The number of benzene rings is 1. The van der Waals surface area contributed by atoms with E-state index in [-0.39, 0.29) is 5.69 Å². The first kappa shape index (κ1) is 11.5. The Morgan fingerprint density at radius 3 is 2.57 bits per heavy atom. The zero-order chi connectivity index (χ0) is 10.8. The Balaban J connectivity index is 3.01. The van der Waals surface area contributed by atoms with Gasteiger partial charge >= 0.3 is 91.1 Å². The van der Waals surface area contributed by atoms with Crippen LogP contribution < -0.4 is 4.72 Å². The van der Waals surface area contributed by atoms with Gasteiger partial charge in [0.15, 0.2) is 0 Å². The van der Waals surface area contributed by atoms with Gasteiger partial charge in [-0.25, -0.2) is 0 Å². The van der Waals surface area contributed by atoms with Gasteiger partial charge in [0, 0.05) is 0 Å². The number of sulfonamides is 1. The molecule has 6 heteroatoms. The number of halogens is 1. The van der Waals surface area contributed by atoms with Crippen LogP contribution in [0, 0.1) is 5.82 Å². The molecule has 0 aliphatic heterocycles. The molecule has 0 fully saturated rings. The quantitative estimate of drug-likeness (QED) is 0.833. The number of nitrogens with one attached hydrogen (secondary N) is 1. The van der Waals surface area contributed by atoms with Crippen molar-refractivity contribution in [2.45, 2.75) is 5.21 Å². The Kier molecular flexibility index (Phi) is 3.56. The summed E-state index contributed by atoms with van der Waals surface area (Å²) < 4.78 is 37.0. The minimum absolute atomic E-state index is 0.0165. The Bertz CT molecular complexity index is 433. The van der Waals surface area contributed by atoms with Crippen LogP contribution in [0.25, 0.3) is 0 Å². The molecule has 0 bridgehead atoms. The molecule has 0 heterocycles. The van der Waals surface area contributed by atoms with Crippen molar-refractivity contribution in [1.29, 1.82) is 0 Å². The molecule has 76 valence electrons. The summed E-state index contributed by atoms with van der Waals surface area (Å²) in [6, 6.07) is 4.40. The molecule has 1 N–H and O–H groups in total. The van der Waals surface area contributed by atoms with Crippen LogP contribution in [0.3, 0.4) is 0 Å². The fourth-order valence-corrected chi connectivity index (χ4v) is 1.92. The van der Waals surface area contributed by atoms with Crippen LogP contribution in [0.2, 0.25) is 0 Å². The maximum absolute atomic E-state index is 13.2. The molecule has 1 rings (SSSR count). The van der Waals surface area contributed by atoms with Crippen LogP contribution in [0.1, 0.15) is 5.56 Å². The molecule has 0 atom stereocenters. The molecule has 3 nitrogen and oxygen atoms in total. The number of hydrogen-bond acceptors (Lipinski definition) is 2. The van der Waals surface area contributed by atoms with E-state index in [1.54, 1.807) is 6.07 Å². The van der Waals surface area contributed by atoms with Gasteiger partial charge in [0.25, 0.3) is 0 Å². The van der Waals surface area contributed by atoms with Crippen LogP contribution in [0.5, 0.6) is 0 Å². The molecule has 0 aromatic heterocycles. The second-order valence-electron chi connectivity index (χ2n) is 2.85. The summed E-state index contributed by atoms with van der Waals surface area (Å²) in [6.45, 7) is 0. The van der Waals surface area contributed by atoms with Gasteiger partial charge in [-0.1, -0.05) is 0 Å². The number of rotatable bonds is 3. The van der Waals surface area contributed by atoms with Crippen LogP contribution in [0.15, 0.2) is 18.2 Å². The molecule has 2 radical (unpaired) electrons. The predicted octanol–water partition coefficient (Wildman–Crippen LogP) is 0.866. The summed E-state index contributed by atoms with van der Waals surface area (Å²) in [7, 11) is -3.41. The van der Waals surface area contributed by atoms with Gasteiger partial charge < -0.3 is 0 Å². The van der Waals surface area contributed by atoms with Crippen LogP contribution >= 0.6 is 0 Å². The monoisotopic (exact) mass is 277 g/mol. The summed E-state index contributed by atoms with van der Waals surface area (Å²) in [5, 5.41) is 0.656. The SMILES string of the molecule is CS(=O)(=O)Nc1ccc(C[As])cc1F. The Hall–Kier alpha value is -0.542. The van der Waals surface area contributed by atoms with Crippen molar-refractivity contribution in [3.63, 3.8) is 0 Å². The van der Waals surface area contributed by atoms with Gasteiger partial charge in [-0.2, -0.15) is 0 Å². The van der Waals surface area contributed by atoms with Crippen molar-refractivity contribution < 1.29 is 12.8 Å². The van der Waals surface area contributed by atoms with E-state index in [0.29, 0.717) is 5.21 Å². The zero-order valence-corrected chi connectivity index (χ0v) is 10.2. The molecule has 0 amide bonds.